The van der Waals surface area contributed by atoms with Gasteiger partial charge in [-0.15, -0.1) is 0 Å². The molecule has 138 valence electrons. The average molecular weight is 340 g/mol. The second-order valence-corrected chi connectivity index (χ2v) is 6.59. The van der Waals surface area contributed by atoms with Gasteiger partial charge in [0.05, 0.1) is 19.3 Å². The molecule has 2 rings (SSSR count). The topological polar surface area (TPSA) is 75.2 Å². The number of carbonyl (C=O) groups is 1. The van der Waals surface area contributed by atoms with Gasteiger partial charge in [0.15, 0.2) is 5.96 Å². The van der Waals surface area contributed by atoms with Gasteiger partial charge in [-0.05, 0) is 19.8 Å². The Labute approximate surface area is 145 Å². The Morgan fingerprint density at radius 2 is 2.04 bits per heavy atom. The first-order chi connectivity index (χ1) is 11.6. The highest BCUT2D eigenvalue weighted by Crippen LogP contribution is 2.21. The standard InChI is InChI=1S/C17H32N4O3/c1-4-18-17(20-8-7-19-16(22)13(2)3)21-9-11-24-15(12-21)14-6-5-10-23-14/h13-15H,4-12H2,1-3H3,(H,18,20)(H,19,22). The fourth-order valence-corrected chi connectivity index (χ4v) is 2.96. The van der Waals surface area contributed by atoms with Crippen molar-refractivity contribution in [1.82, 2.24) is 15.5 Å². The highest BCUT2D eigenvalue weighted by molar-refractivity contribution is 5.80. The molecule has 2 N–H and O–H groups in total. The molecule has 2 aliphatic heterocycles. The van der Waals surface area contributed by atoms with Crippen molar-refractivity contribution in [3.05, 3.63) is 0 Å². The van der Waals surface area contributed by atoms with Crippen LogP contribution >= 0.6 is 0 Å². The van der Waals surface area contributed by atoms with Crippen molar-refractivity contribution in [3.8, 4) is 0 Å². The summed E-state index contributed by atoms with van der Waals surface area (Å²) in [4.78, 5) is 18.5. The van der Waals surface area contributed by atoms with Crippen LogP contribution in [0.5, 0.6) is 0 Å². The second-order valence-electron chi connectivity index (χ2n) is 6.59. The lowest BCUT2D eigenvalue weighted by Crippen LogP contribution is -2.53. The third-order valence-corrected chi connectivity index (χ3v) is 4.30. The summed E-state index contributed by atoms with van der Waals surface area (Å²) in [6, 6.07) is 0. The van der Waals surface area contributed by atoms with Gasteiger partial charge < -0.3 is 25.0 Å². The van der Waals surface area contributed by atoms with Gasteiger partial charge in [0.1, 0.15) is 6.10 Å². The second kappa shape index (κ2) is 9.84. The predicted molar refractivity (Wildman–Crippen MR) is 94.1 cm³/mol. The molecule has 0 aromatic heterocycles. The minimum atomic E-state index is 0.00799. The van der Waals surface area contributed by atoms with E-state index in [1.54, 1.807) is 0 Å². The predicted octanol–water partition coefficient (Wildman–Crippen LogP) is 0.604. The van der Waals surface area contributed by atoms with E-state index < -0.39 is 0 Å². The SMILES string of the molecule is CCNC(=NCCNC(=O)C(C)C)N1CCOC(C2CCCO2)C1. The van der Waals surface area contributed by atoms with E-state index in [-0.39, 0.29) is 24.0 Å². The van der Waals surface area contributed by atoms with Gasteiger partial charge >= 0.3 is 0 Å². The van der Waals surface area contributed by atoms with Crippen LogP contribution in [0.25, 0.3) is 0 Å². The number of hydrogen-bond acceptors (Lipinski definition) is 4. The van der Waals surface area contributed by atoms with E-state index in [9.17, 15) is 4.79 Å². The summed E-state index contributed by atoms with van der Waals surface area (Å²) in [6.45, 7) is 11.0. The molecule has 2 unspecified atom stereocenters. The van der Waals surface area contributed by atoms with Crippen LogP contribution in [0.4, 0.5) is 0 Å². The molecule has 0 aromatic carbocycles. The summed E-state index contributed by atoms with van der Waals surface area (Å²) < 4.78 is 11.7. The van der Waals surface area contributed by atoms with Crippen molar-refractivity contribution in [1.29, 1.82) is 0 Å². The van der Waals surface area contributed by atoms with Gasteiger partial charge in [-0.1, -0.05) is 13.8 Å². The molecule has 0 bridgehead atoms. The number of amides is 1. The first kappa shape index (κ1) is 19.0. The van der Waals surface area contributed by atoms with E-state index in [2.05, 4.69) is 27.4 Å². The first-order valence-electron chi connectivity index (χ1n) is 9.16. The molecule has 24 heavy (non-hydrogen) atoms. The number of hydrogen-bond donors (Lipinski definition) is 2. The largest absolute Gasteiger partial charge is 0.375 e. The Balaban J connectivity index is 1.85. The molecule has 2 aliphatic rings. The Morgan fingerprint density at radius 3 is 2.71 bits per heavy atom. The lowest BCUT2D eigenvalue weighted by molar-refractivity contribution is -0.123. The lowest BCUT2D eigenvalue weighted by Gasteiger charge is -2.37. The third-order valence-electron chi connectivity index (χ3n) is 4.30. The number of ether oxygens (including phenoxy) is 2. The molecule has 2 saturated heterocycles. The van der Waals surface area contributed by atoms with Gasteiger partial charge in [0.25, 0.3) is 0 Å². The summed E-state index contributed by atoms with van der Waals surface area (Å²) >= 11 is 0. The zero-order valence-corrected chi connectivity index (χ0v) is 15.2. The van der Waals surface area contributed by atoms with E-state index >= 15 is 0 Å². The summed E-state index contributed by atoms with van der Waals surface area (Å²) in [5, 5.41) is 6.24. The number of aliphatic imine (C=N–C) groups is 1. The number of nitrogens with zero attached hydrogens (tertiary/aromatic N) is 2. The van der Waals surface area contributed by atoms with Crippen molar-refractivity contribution < 1.29 is 14.3 Å². The van der Waals surface area contributed by atoms with E-state index in [4.69, 9.17) is 9.47 Å². The Hall–Kier alpha value is -1.34. The van der Waals surface area contributed by atoms with Crippen LogP contribution in [-0.4, -0.2) is 74.9 Å². The Kier molecular flexibility index (Phi) is 7.78. The van der Waals surface area contributed by atoms with Crippen LogP contribution in [0.3, 0.4) is 0 Å². The summed E-state index contributed by atoms with van der Waals surface area (Å²) in [5.41, 5.74) is 0. The van der Waals surface area contributed by atoms with Crippen molar-refractivity contribution in [2.75, 3.05) is 45.9 Å². The molecular formula is C17H32N4O3. The molecule has 1 amide bonds. The minimum Gasteiger partial charge on any atom is -0.375 e. The number of guanidine groups is 1. The van der Waals surface area contributed by atoms with E-state index in [1.807, 2.05) is 13.8 Å². The Bertz CT molecular complexity index is 422. The van der Waals surface area contributed by atoms with E-state index in [1.165, 1.54) is 0 Å². The van der Waals surface area contributed by atoms with Crippen molar-refractivity contribution in [3.63, 3.8) is 0 Å². The third kappa shape index (κ3) is 5.63. The zero-order chi connectivity index (χ0) is 17.4. The molecule has 2 fully saturated rings. The quantitative estimate of drug-likeness (QED) is 0.421. The Morgan fingerprint density at radius 1 is 1.25 bits per heavy atom. The average Bonchev–Trinajstić information content (AvgIpc) is 3.12. The summed E-state index contributed by atoms with van der Waals surface area (Å²) in [6.07, 6.45) is 2.52. The van der Waals surface area contributed by atoms with E-state index in [0.717, 1.165) is 45.0 Å². The molecule has 7 heteroatoms. The molecule has 7 nitrogen and oxygen atoms in total. The van der Waals surface area contributed by atoms with Gasteiger partial charge in [-0.2, -0.15) is 0 Å². The van der Waals surface area contributed by atoms with Crippen molar-refractivity contribution >= 4 is 11.9 Å². The number of carbonyl (C=O) groups excluding carboxylic acids is 1. The van der Waals surface area contributed by atoms with Crippen LogP contribution < -0.4 is 10.6 Å². The number of rotatable bonds is 6. The van der Waals surface area contributed by atoms with E-state index in [0.29, 0.717) is 19.7 Å². The molecule has 0 radical (unpaired) electrons. The normalized spacial score (nSPS) is 25.2. The lowest BCUT2D eigenvalue weighted by atomic mass is 10.1. The minimum absolute atomic E-state index is 0.00799. The van der Waals surface area contributed by atoms with Crippen LogP contribution in [0.2, 0.25) is 0 Å². The first-order valence-corrected chi connectivity index (χ1v) is 9.16. The van der Waals surface area contributed by atoms with Gasteiger partial charge in [0.2, 0.25) is 5.91 Å². The van der Waals surface area contributed by atoms with Gasteiger partial charge in [0, 0.05) is 38.7 Å². The fourth-order valence-electron chi connectivity index (χ4n) is 2.96. The smallest absolute Gasteiger partial charge is 0.222 e. The maximum atomic E-state index is 11.6. The molecule has 2 atom stereocenters. The van der Waals surface area contributed by atoms with Crippen LogP contribution in [0, 0.1) is 5.92 Å². The zero-order valence-electron chi connectivity index (χ0n) is 15.2. The van der Waals surface area contributed by atoms with Gasteiger partial charge in [-0.25, -0.2) is 0 Å². The maximum Gasteiger partial charge on any atom is 0.222 e. The highest BCUT2D eigenvalue weighted by atomic mass is 16.5. The molecular weight excluding hydrogens is 308 g/mol. The molecule has 0 spiro atoms. The molecule has 2 heterocycles. The molecule has 0 aromatic rings. The van der Waals surface area contributed by atoms with Crippen molar-refractivity contribution in [2.24, 2.45) is 10.9 Å². The fraction of sp³-hybridized carbons (Fsp3) is 0.882. The molecule has 0 aliphatic carbocycles. The number of morpholine rings is 1. The number of nitrogens with one attached hydrogen (secondary N) is 2. The van der Waals surface area contributed by atoms with Crippen LogP contribution in [0.15, 0.2) is 4.99 Å². The van der Waals surface area contributed by atoms with Crippen LogP contribution in [-0.2, 0) is 14.3 Å². The monoisotopic (exact) mass is 340 g/mol. The summed E-state index contributed by atoms with van der Waals surface area (Å²) in [7, 11) is 0. The van der Waals surface area contributed by atoms with Crippen LogP contribution in [0.1, 0.15) is 33.6 Å². The highest BCUT2D eigenvalue weighted by Gasteiger charge is 2.32. The van der Waals surface area contributed by atoms with Crippen molar-refractivity contribution in [2.45, 2.75) is 45.8 Å². The summed E-state index contributed by atoms with van der Waals surface area (Å²) in [5.74, 6) is 0.969. The molecule has 0 saturated carbocycles. The van der Waals surface area contributed by atoms with Gasteiger partial charge in [-0.3, -0.25) is 9.79 Å². The maximum absolute atomic E-state index is 11.6.